The Labute approximate surface area is 224 Å². The van der Waals surface area contributed by atoms with Gasteiger partial charge in [-0.1, -0.05) is 17.4 Å². The number of aliphatic hydroxyl groups is 1. The lowest BCUT2D eigenvalue weighted by molar-refractivity contribution is -0.118. The molecule has 2 aliphatic rings. The summed E-state index contributed by atoms with van der Waals surface area (Å²) >= 11 is 0.858. The van der Waals surface area contributed by atoms with Crippen molar-refractivity contribution in [3.05, 3.63) is 36.3 Å². The number of benzene rings is 1. The van der Waals surface area contributed by atoms with Gasteiger partial charge in [-0.25, -0.2) is 23.4 Å². The van der Waals surface area contributed by atoms with Gasteiger partial charge in [0.05, 0.1) is 11.7 Å². The molecule has 1 aliphatic heterocycles. The van der Waals surface area contributed by atoms with Crippen molar-refractivity contribution in [2.45, 2.75) is 30.0 Å². The lowest BCUT2D eigenvalue weighted by Crippen LogP contribution is -2.50. The number of hydrogen-bond donors (Lipinski definition) is 3. The number of carbonyl (C=O) groups is 2. The molecule has 0 radical (unpaired) electrons. The fourth-order valence-corrected chi connectivity index (χ4v) is 7.13. The molecule has 5 rings (SSSR count). The van der Waals surface area contributed by atoms with Crippen molar-refractivity contribution in [3.8, 4) is 0 Å². The van der Waals surface area contributed by atoms with Gasteiger partial charge in [0.1, 0.15) is 18.8 Å². The third-order valence-corrected chi connectivity index (χ3v) is 9.84. The highest BCUT2D eigenvalue weighted by molar-refractivity contribution is 7.91. The molecule has 1 aromatic carbocycles. The molecule has 3 heterocycles. The van der Waals surface area contributed by atoms with Crippen LogP contribution >= 0.6 is 11.3 Å². The summed E-state index contributed by atoms with van der Waals surface area (Å²) in [7, 11) is -3.73. The average molecular weight is 560 g/mol. The van der Waals surface area contributed by atoms with Gasteiger partial charge in [0, 0.05) is 55.6 Å². The Kier molecular flexibility index (Phi) is 7.68. The van der Waals surface area contributed by atoms with E-state index in [4.69, 9.17) is 5.11 Å². The first kappa shape index (κ1) is 26.6. The Morgan fingerprint density at radius 2 is 1.92 bits per heavy atom. The molecule has 1 aliphatic carbocycles. The number of nitrogens with one attached hydrogen (secondary N) is 2. The number of hydrogen-bond acceptors (Lipinski definition) is 11. The van der Waals surface area contributed by atoms with Crippen LogP contribution in [0.4, 0.5) is 10.9 Å². The van der Waals surface area contributed by atoms with Crippen molar-refractivity contribution >= 4 is 54.9 Å². The maximum Gasteiger partial charge on any atom is 0.254 e. The molecule has 0 bridgehead atoms. The van der Waals surface area contributed by atoms with Crippen molar-refractivity contribution in [1.82, 2.24) is 24.2 Å². The van der Waals surface area contributed by atoms with Gasteiger partial charge in [-0.2, -0.15) is 4.31 Å². The fourth-order valence-electron chi connectivity index (χ4n) is 4.51. The second-order valence-electron chi connectivity index (χ2n) is 9.50. The van der Waals surface area contributed by atoms with Crippen molar-refractivity contribution in [3.63, 3.8) is 0 Å². The molecular formula is C24H29N7O5S2. The van der Waals surface area contributed by atoms with Gasteiger partial charge in [0.15, 0.2) is 15.1 Å². The Hall–Kier alpha value is -3.04. The number of para-hydroxylation sites is 1. The molecule has 3 N–H and O–H groups in total. The van der Waals surface area contributed by atoms with E-state index in [0.29, 0.717) is 49.6 Å². The van der Waals surface area contributed by atoms with Crippen molar-refractivity contribution in [1.29, 1.82) is 0 Å². The number of aromatic nitrogens is 3. The molecule has 0 spiro atoms. The van der Waals surface area contributed by atoms with E-state index in [9.17, 15) is 18.0 Å². The van der Waals surface area contributed by atoms with E-state index >= 15 is 0 Å². The number of sulfonamides is 1. The third kappa shape index (κ3) is 5.68. The summed E-state index contributed by atoms with van der Waals surface area (Å²) in [5.74, 6) is 0.273. The maximum atomic E-state index is 13.0. The molecule has 0 unspecified atom stereocenters. The second-order valence-corrected chi connectivity index (χ2v) is 12.7. The first-order valence-electron chi connectivity index (χ1n) is 12.4. The van der Waals surface area contributed by atoms with Crippen molar-refractivity contribution in [2.75, 3.05) is 50.0 Å². The monoisotopic (exact) mass is 559 g/mol. The van der Waals surface area contributed by atoms with E-state index in [1.165, 1.54) is 16.8 Å². The Bertz CT molecular complexity index is 1450. The topological polar surface area (TPSA) is 158 Å². The number of thiazole rings is 1. The number of rotatable bonds is 10. The zero-order valence-corrected chi connectivity index (χ0v) is 22.5. The molecule has 1 saturated carbocycles. The highest BCUT2D eigenvalue weighted by Gasteiger charge is 2.32. The van der Waals surface area contributed by atoms with Gasteiger partial charge in [0.25, 0.3) is 15.9 Å². The summed E-state index contributed by atoms with van der Waals surface area (Å²) < 4.78 is 27.5. The van der Waals surface area contributed by atoms with Crippen LogP contribution in [0.1, 0.15) is 30.1 Å². The third-order valence-electron chi connectivity index (χ3n) is 6.59. The van der Waals surface area contributed by atoms with Gasteiger partial charge in [-0.15, -0.1) is 0 Å². The summed E-state index contributed by atoms with van der Waals surface area (Å²) in [5, 5.41) is 15.6. The number of fused-ring (bicyclic) bond motifs is 1. The number of aliphatic hydroxyl groups excluding tert-OH is 1. The minimum Gasteiger partial charge on any atom is -0.387 e. The van der Waals surface area contributed by atoms with Crippen LogP contribution in [0, 0.1) is 5.92 Å². The van der Waals surface area contributed by atoms with Gasteiger partial charge >= 0.3 is 0 Å². The van der Waals surface area contributed by atoms with E-state index in [1.54, 1.807) is 0 Å². The highest BCUT2D eigenvalue weighted by Crippen LogP contribution is 2.35. The summed E-state index contributed by atoms with van der Waals surface area (Å²) in [6, 6.07) is 5.62. The summed E-state index contributed by atoms with van der Waals surface area (Å²) in [6.07, 6.45) is 4.57. The largest absolute Gasteiger partial charge is 0.387 e. The average Bonchev–Trinajstić information content (AvgIpc) is 3.66. The molecular weight excluding hydrogens is 530 g/mol. The number of carbonyl (C=O) groups excluding carboxylic acids is 2. The molecule has 12 nitrogen and oxygen atoms in total. The van der Waals surface area contributed by atoms with Crippen molar-refractivity contribution < 1.29 is 23.1 Å². The van der Waals surface area contributed by atoms with Gasteiger partial charge in [0.2, 0.25) is 0 Å². The van der Waals surface area contributed by atoms with Crippen molar-refractivity contribution in [2.24, 2.45) is 5.92 Å². The summed E-state index contributed by atoms with van der Waals surface area (Å²) in [4.78, 5) is 39.0. The SMILES string of the molecule is C[C@@H](CN1CCN(S(=O)(=O)c2cnc(NC(=O)CO)s2)CC1)Nc1ncnc2c(C(=O)C3CC3)cccc12. The molecule has 1 amide bonds. The lowest BCUT2D eigenvalue weighted by atomic mass is 10.0. The molecule has 202 valence electrons. The molecule has 1 atom stereocenters. The second kappa shape index (κ2) is 11.0. The Balaban J connectivity index is 1.18. The van der Waals surface area contributed by atoms with Crippen LogP contribution in [0.5, 0.6) is 0 Å². The van der Waals surface area contributed by atoms with Gasteiger partial charge in [-0.3, -0.25) is 19.8 Å². The van der Waals surface area contributed by atoms with Crippen LogP contribution in [0.25, 0.3) is 10.9 Å². The number of piperazine rings is 1. The lowest BCUT2D eigenvalue weighted by Gasteiger charge is -2.35. The van der Waals surface area contributed by atoms with Crippen LogP contribution in [0.3, 0.4) is 0 Å². The van der Waals surface area contributed by atoms with E-state index in [-0.39, 0.29) is 27.1 Å². The normalized spacial score (nSPS) is 17.8. The number of ketones is 1. The predicted molar refractivity (Wildman–Crippen MR) is 143 cm³/mol. The van der Waals surface area contributed by atoms with E-state index in [1.807, 2.05) is 25.1 Å². The number of amides is 1. The molecule has 1 saturated heterocycles. The predicted octanol–water partition coefficient (Wildman–Crippen LogP) is 1.42. The molecule has 2 aromatic heterocycles. The molecule has 14 heteroatoms. The Morgan fingerprint density at radius 1 is 1.16 bits per heavy atom. The maximum absolute atomic E-state index is 13.0. The number of nitrogens with zero attached hydrogens (tertiary/aromatic N) is 5. The zero-order chi connectivity index (χ0) is 26.9. The fraction of sp³-hybridized carbons (Fsp3) is 0.458. The van der Waals surface area contributed by atoms with E-state index < -0.39 is 22.5 Å². The standard InChI is InChI=1S/C24H29N7O5S2/c1-15(28-23-18-4-2-3-17(21(18)26-14-27-23)22(34)16-5-6-16)12-30-7-9-31(10-8-30)38(35,36)20-11-25-24(37-20)29-19(33)13-32/h2-4,11,14-16,32H,5-10,12-13H2,1H3,(H,25,29,33)(H,26,27,28)/t15-/m0/s1. The van der Waals surface area contributed by atoms with Crippen LogP contribution in [-0.2, 0) is 14.8 Å². The quantitative estimate of drug-likeness (QED) is 0.310. The van der Waals surface area contributed by atoms with Gasteiger partial charge < -0.3 is 10.4 Å². The highest BCUT2D eigenvalue weighted by atomic mass is 32.2. The number of anilines is 2. The first-order chi connectivity index (χ1) is 18.3. The summed E-state index contributed by atoms with van der Waals surface area (Å²) in [5.41, 5.74) is 1.30. The molecule has 2 fully saturated rings. The van der Waals surface area contributed by atoms with E-state index in [2.05, 4.69) is 30.5 Å². The zero-order valence-electron chi connectivity index (χ0n) is 20.8. The Morgan fingerprint density at radius 3 is 2.63 bits per heavy atom. The minimum atomic E-state index is -3.73. The van der Waals surface area contributed by atoms with Crippen LogP contribution in [0.15, 0.2) is 34.9 Å². The number of Topliss-reactive ketones (excluding diaryl/α,β-unsaturated/α-hetero) is 1. The molecule has 38 heavy (non-hydrogen) atoms. The molecule has 3 aromatic rings. The smallest absolute Gasteiger partial charge is 0.254 e. The van der Waals surface area contributed by atoms with E-state index in [0.717, 1.165) is 29.6 Å². The minimum absolute atomic E-state index is 0.0123. The summed E-state index contributed by atoms with van der Waals surface area (Å²) in [6.45, 7) is 3.79. The van der Waals surface area contributed by atoms with Crippen LogP contribution in [0.2, 0.25) is 0 Å². The van der Waals surface area contributed by atoms with Crippen LogP contribution in [-0.4, -0.2) is 94.7 Å². The van der Waals surface area contributed by atoms with Gasteiger partial charge in [-0.05, 0) is 31.9 Å². The first-order valence-corrected chi connectivity index (χ1v) is 14.7. The van der Waals surface area contributed by atoms with Crippen LogP contribution < -0.4 is 10.6 Å².